The van der Waals surface area contributed by atoms with Crippen molar-refractivity contribution >= 4 is 40.7 Å². The van der Waals surface area contributed by atoms with Gasteiger partial charge in [-0.1, -0.05) is 27.7 Å². The Kier molecular flexibility index (Phi) is 12.3. The number of benzene rings is 1. The summed E-state index contributed by atoms with van der Waals surface area (Å²) in [7, 11) is 1.45. The molecule has 0 unspecified atom stereocenters. The smallest absolute Gasteiger partial charge is 0.247 e. The predicted molar refractivity (Wildman–Crippen MR) is 149 cm³/mol. The van der Waals surface area contributed by atoms with Crippen LogP contribution in [0.1, 0.15) is 57.3 Å². The zero-order chi connectivity index (χ0) is 27.7. The van der Waals surface area contributed by atoms with Gasteiger partial charge in [0.1, 0.15) is 18.5 Å². The van der Waals surface area contributed by atoms with Crippen molar-refractivity contribution in [1.29, 1.82) is 0 Å². The summed E-state index contributed by atoms with van der Waals surface area (Å²) >= 11 is 2.02. The molecule has 1 aliphatic rings. The third kappa shape index (κ3) is 8.68. The van der Waals surface area contributed by atoms with Gasteiger partial charge in [0.2, 0.25) is 11.8 Å². The van der Waals surface area contributed by atoms with E-state index in [0.29, 0.717) is 51.4 Å². The molecule has 0 fully saturated rings. The van der Waals surface area contributed by atoms with Crippen LogP contribution in [0.5, 0.6) is 11.5 Å². The highest BCUT2D eigenvalue weighted by Crippen LogP contribution is 2.37. The van der Waals surface area contributed by atoms with Crippen LogP contribution >= 0.6 is 22.6 Å². The van der Waals surface area contributed by atoms with Gasteiger partial charge in [-0.15, -0.1) is 0 Å². The molecule has 3 N–H and O–H groups in total. The Hall–Kier alpha value is -2.18. The number of aliphatic hydroxyl groups excluding tert-OH is 2. The topological polar surface area (TPSA) is 125 Å². The monoisotopic (exact) mass is 630 g/mol. The lowest BCUT2D eigenvalue weighted by Gasteiger charge is -2.41. The van der Waals surface area contributed by atoms with Crippen LogP contribution in [0.25, 0.3) is 0 Å². The van der Waals surface area contributed by atoms with Crippen molar-refractivity contribution in [2.45, 2.75) is 65.2 Å². The fourth-order valence-corrected chi connectivity index (χ4v) is 4.93. The number of rotatable bonds is 13. The average Bonchev–Trinajstić information content (AvgIpc) is 2.84. The molecule has 1 aliphatic carbocycles. The molecular formula is C27H39IN2O7. The highest BCUT2D eigenvalue weighted by atomic mass is 127. The normalized spacial score (nSPS) is 19.4. The molecule has 3 atom stereocenters. The predicted octanol–water partition coefficient (Wildman–Crippen LogP) is 2.95. The van der Waals surface area contributed by atoms with Gasteiger partial charge >= 0.3 is 0 Å². The first kappa shape index (κ1) is 31.0. The number of hydrogen-bond acceptors (Lipinski definition) is 7. The number of carbonyl (C=O) groups excluding carboxylic acids is 3. The summed E-state index contributed by atoms with van der Waals surface area (Å²) in [5, 5.41) is 23.3. The number of hydrogen-bond donors (Lipinski definition) is 3. The van der Waals surface area contributed by atoms with E-state index in [9.17, 15) is 19.5 Å². The Morgan fingerprint density at radius 1 is 1.24 bits per heavy atom. The van der Waals surface area contributed by atoms with Crippen molar-refractivity contribution in [3.8, 4) is 11.5 Å². The maximum atomic E-state index is 13.3. The van der Waals surface area contributed by atoms with Crippen LogP contribution in [0.2, 0.25) is 0 Å². The zero-order valence-electron chi connectivity index (χ0n) is 22.2. The fourth-order valence-electron chi connectivity index (χ4n) is 4.18. The fraction of sp³-hybridized carbons (Fsp3) is 0.593. The molecule has 37 heavy (non-hydrogen) atoms. The summed E-state index contributed by atoms with van der Waals surface area (Å²) in [5.74, 6) is 0.636. The van der Waals surface area contributed by atoms with E-state index < -0.39 is 24.2 Å². The molecule has 0 saturated heterocycles. The first-order valence-electron chi connectivity index (χ1n) is 12.6. The van der Waals surface area contributed by atoms with Gasteiger partial charge < -0.3 is 29.9 Å². The molecule has 0 saturated carbocycles. The highest BCUT2D eigenvalue weighted by Gasteiger charge is 2.40. The molecule has 10 heteroatoms. The SMILES string of the molecule is COc1cc(C=O)cc(I)c1O[C@H]1C=C(C(=O)NCCO)C[C@@H](N(CCC(C)C)C(=O)CC(C)C)[C@@H]1O. The largest absolute Gasteiger partial charge is 0.493 e. The van der Waals surface area contributed by atoms with Crippen molar-refractivity contribution in [3.63, 3.8) is 0 Å². The zero-order valence-corrected chi connectivity index (χ0v) is 24.4. The van der Waals surface area contributed by atoms with Gasteiger partial charge in [0.05, 0.1) is 23.3 Å². The van der Waals surface area contributed by atoms with E-state index in [-0.39, 0.29) is 31.4 Å². The summed E-state index contributed by atoms with van der Waals surface area (Å²) in [6.07, 6.45) is 1.39. The molecule has 9 nitrogen and oxygen atoms in total. The minimum Gasteiger partial charge on any atom is -0.493 e. The Morgan fingerprint density at radius 3 is 2.51 bits per heavy atom. The van der Waals surface area contributed by atoms with Gasteiger partial charge in [0.25, 0.3) is 0 Å². The Labute approximate surface area is 232 Å². The lowest BCUT2D eigenvalue weighted by molar-refractivity contribution is -0.139. The summed E-state index contributed by atoms with van der Waals surface area (Å²) < 4.78 is 12.3. The summed E-state index contributed by atoms with van der Waals surface area (Å²) in [5.41, 5.74) is 0.772. The maximum Gasteiger partial charge on any atom is 0.247 e. The minimum absolute atomic E-state index is 0.0805. The first-order valence-corrected chi connectivity index (χ1v) is 13.7. The van der Waals surface area contributed by atoms with E-state index in [1.807, 2.05) is 36.4 Å². The molecule has 2 amide bonds. The summed E-state index contributed by atoms with van der Waals surface area (Å²) in [6.45, 7) is 8.38. The van der Waals surface area contributed by atoms with Crippen LogP contribution < -0.4 is 14.8 Å². The van der Waals surface area contributed by atoms with E-state index in [2.05, 4.69) is 19.2 Å². The quantitative estimate of drug-likeness (QED) is 0.226. The number of methoxy groups -OCH3 is 1. The molecule has 1 aromatic rings. The first-order chi connectivity index (χ1) is 17.5. The number of aldehydes is 1. The van der Waals surface area contributed by atoms with Crippen molar-refractivity contribution in [1.82, 2.24) is 10.2 Å². The second kappa shape index (κ2) is 14.7. The Balaban J connectivity index is 2.51. The third-order valence-electron chi connectivity index (χ3n) is 6.11. The number of nitrogens with zero attached hydrogens (tertiary/aromatic N) is 1. The van der Waals surface area contributed by atoms with Crippen LogP contribution in [0, 0.1) is 15.4 Å². The van der Waals surface area contributed by atoms with Crippen molar-refractivity contribution < 1.29 is 34.1 Å². The number of ether oxygens (including phenoxy) is 2. The molecular weight excluding hydrogens is 591 g/mol. The van der Waals surface area contributed by atoms with Crippen molar-refractivity contribution in [3.05, 3.63) is 32.9 Å². The molecule has 2 rings (SSSR count). The van der Waals surface area contributed by atoms with Gasteiger partial charge in [0, 0.05) is 37.1 Å². The standard InChI is InChI=1S/C27H39IN2O7/c1-16(2)6-8-30(24(33)10-17(3)4)21-13-19(27(35)29-7-9-31)14-22(25(21)34)37-26-20(28)11-18(15-32)12-23(26)36-5/h11-12,14-17,21-22,25,31,34H,6-10,13H2,1-5H3,(H,29,35)/t21-,22+,25+/m1/s1. The van der Waals surface area contributed by atoms with Gasteiger partial charge in [-0.05, 0) is 59.1 Å². The van der Waals surface area contributed by atoms with Crippen LogP contribution in [-0.2, 0) is 9.59 Å². The number of nitrogens with one attached hydrogen (secondary N) is 1. The van der Waals surface area contributed by atoms with Crippen molar-refractivity contribution in [2.75, 3.05) is 26.8 Å². The molecule has 0 bridgehead atoms. The van der Waals surface area contributed by atoms with Gasteiger partial charge in [-0.2, -0.15) is 0 Å². The van der Waals surface area contributed by atoms with Crippen LogP contribution in [0.3, 0.4) is 0 Å². The third-order valence-corrected chi connectivity index (χ3v) is 6.91. The van der Waals surface area contributed by atoms with E-state index in [1.54, 1.807) is 17.0 Å². The molecule has 0 aliphatic heterocycles. The summed E-state index contributed by atoms with van der Waals surface area (Å²) in [6, 6.07) is 2.49. The minimum atomic E-state index is -1.12. The number of halogens is 1. The lowest BCUT2D eigenvalue weighted by Crippen LogP contribution is -2.55. The van der Waals surface area contributed by atoms with Gasteiger partial charge in [-0.3, -0.25) is 14.4 Å². The molecule has 0 heterocycles. The Bertz CT molecular complexity index is 980. The Morgan fingerprint density at radius 2 is 1.95 bits per heavy atom. The van der Waals surface area contributed by atoms with E-state index >= 15 is 0 Å². The lowest BCUT2D eigenvalue weighted by atomic mass is 9.87. The molecule has 1 aromatic carbocycles. The van der Waals surface area contributed by atoms with Gasteiger partial charge in [-0.25, -0.2) is 0 Å². The van der Waals surface area contributed by atoms with E-state index in [1.165, 1.54) is 13.2 Å². The van der Waals surface area contributed by atoms with Crippen LogP contribution in [0.4, 0.5) is 0 Å². The molecule has 206 valence electrons. The number of amides is 2. The average molecular weight is 631 g/mol. The van der Waals surface area contributed by atoms with E-state index in [0.717, 1.165) is 6.42 Å². The summed E-state index contributed by atoms with van der Waals surface area (Å²) in [4.78, 5) is 39.2. The van der Waals surface area contributed by atoms with E-state index in [4.69, 9.17) is 14.6 Å². The van der Waals surface area contributed by atoms with Gasteiger partial charge in [0.15, 0.2) is 11.5 Å². The molecule has 0 aromatic heterocycles. The van der Waals surface area contributed by atoms with Crippen LogP contribution in [-0.4, -0.2) is 78.3 Å². The second-order valence-electron chi connectivity index (χ2n) is 10.0. The molecule has 0 radical (unpaired) electrons. The maximum absolute atomic E-state index is 13.3. The second-order valence-corrected chi connectivity index (χ2v) is 11.2. The van der Waals surface area contributed by atoms with Crippen LogP contribution in [0.15, 0.2) is 23.8 Å². The highest BCUT2D eigenvalue weighted by molar-refractivity contribution is 14.1. The number of carbonyl (C=O) groups is 3. The van der Waals surface area contributed by atoms with Crippen molar-refractivity contribution in [2.24, 2.45) is 11.8 Å². The molecule has 0 spiro atoms. The number of aliphatic hydroxyl groups is 2.